The minimum absolute atomic E-state index is 0.0286. The highest BCUT2D eigenvalue weighted by Gasteiger charge is 2.15. The van der Waals surface area contributed by atoms with Crippen LogP contribution in [0.3, 0.4) is 0 Å². The third-order valence-electron chi connectivity index (χ3n) is 2.62. The number of hydrogen-bond acceptors (Lipinski definition) is 4. The summed E-state index contributed by atoms with van der Waals surface area (Å²) in [7, 11) is 0. The van der Waals surface area contributed by atoms with Gasteiger partial charge in [0.25, 0.3) is 0 Å². The van der Waals surface area contributed by atoms with Crippen molar-refractivity contribution in [3.63, 3.8) is 0 Å². The van der Waals surface area contributed by atoms with E-state index in [0.29, 0.717) is 5.25 Å². The Morgan fingerprint density at radius 1 is 1.50 bits per heavy atom. The molecule has 1 aromatic rings. The van der Waals surface area contributed by atoms with Crippen molar-refractivity contribution >= 4 is 17.7 Å². The van der Waals surface area contributed by atoms with E-state index in [1.807, 2.05) is 11.8 Å². The molecule has 0 bridgehead atoms. The lowest BCUT2D eigenvalue weighted by atomic mass is 10.2. The van der Waals surface area contributed by atoms with Crippen molar-refractivity contribution in [3.05, 3.63) is 23.7 Å². The number of thioether (sulfide) groups is 1. The molecule has 1 fully saturated rings. The van der Waals surface area contributed by atoms with Gasteiger partial charge in [-0.3, -0.25) is 0 Å². The highest BCUT2D eigenvalue weighted by Crippen LogP contribution is 2.25. The molecule has 0 saturated carbocycles. The Hall–Kier alpha value is -0.940. The van der Waals surface area contributed by atoms with Gasteiger partial charge >= 0.3 is 5.97 Å². The molecule has 2 heterocycles. The number of carbonyl (C=O) groups is 1. The maximum Gasteiger partial charge on any atom is 0.371 e. The molecule has 1 aliphatic heterocycles. The minimum atomic E-state index is -1.00. The van der Waals surface area contributed by atoms with Crippen molar-refractivity contribution in [1.29, 1.82) is 0 Å². The summed E-state index contributed by atoms with van der Waals surface area (Å²) in [4.78, 5) is 10.6. The largest absolute Gasteiger partial charge is 0.475 e. The van der Waals surface area contributed by atoms with Gasteiger partial charge in [0, 0.05) is 5.25 Å². The van der Waals surface area contributed by atoms with Gasteiger partial charge in [-0.2, -0.15) is 11.8 Å². The molecule has 0 atom stereocenters. The number of carboxylic acid groups (broad SMARTS) is 1. The number of nitrogens with one attached hydrogen (secondary N) is 1. The normalized spacial score (nSPS) is 17.5. The van der Waals surface area contributed by atoms with Crippen LogP contribution >= 0.6 is 11.8 Å². The maximum absolute atomic E-state index is 10.6. The Kier molecular flexibility index (Phi) is 3.90. The molecule has 16 heavy (non-hydrogen) atoms. The van der Waals surface area contributed by atoms with Gasteiger partial charge < -0.3 is 14.8 Å². The molecule has 5 heteroatoms. The summed E-state index contributed by atoms with van der Waals surface area (Å²) in [6.07, 6.45) is 2.36. The highest BCUT2D eigenvalue weighted by molar-refractivity contribution is 7.99. The first kappa shape index (κ1) is 11.5. The lowest BCUT2D eigenvalue weighted by Crippen LogP contribution is -2.29. The van der Waals surface area contributed by atoms with Crippen molar-refractivity contribution in [2.75, 3.05) is 13.1 Å². The van der Waals surface area contributed by atoms with Gasteiger partial charge in [-0.15, -0.1) is 0 Å². The molecule has 88 valence electrons. The van der Waals surface area contributed by atoms with Crippen LogP contribution in [-0.4, -0.2) is 29.4 Å². The van der Waals surface area contributed by atoms with Crippen LogP contribution in [-0.2, 0) is 5.75 Å². The summed E-state index contributed by atoms with van der Waals surface area (Å²) in [5.74, 6) is 0.540. The van der Waals surface area contributed by atoms with Crippen molar-refractivity contribution in [2.24, 2.45) is 0 Å². The van der Waals surface area contributed by atoms with E-state index in [1.54, 1.807) is 6.07 Å². The first-order valence-corrected chi connectivity index (χ1v) is 6.45. The molecule has 4 nitrogen and oxygen atoms in total. The quantitative estimate of drug-likeness (QED) is 0.843. The second-order valence-corrected chi connectivity index (χ2v) is 5.12. The zero-order valence-electron chi connectivity index (χ0n) is 8.94. The van der Waals surface area contributed by atoms with Gasteiger partial charge in [0.2, 0.25) is 5.76 Å². The third-order valence-corrected chi connectivity index (χ3v) is 4.01. The predicted molar refractivity (Wildman–Crippen MR) is 62.9 cm³/mol. The minimum Gasteiger partial charge on any atom is -0.475 e. The van der Waals surface area contributed by atoms with E-state index in [9.17, 15) is 4.79 Å². The maximum atomic E-state index is 10.6. The van der Waals surface area contributed by atoms with Crippen LogP contribution in [0.4, 0.5) is 0 Å². The summed E-state index contributed by atoms with van der Waals surface area (Å²) in [6.45, 7) is 2.16. The molecule has 0 unspecified atom stereocenters. The Balaban J connectivity index is 1.81. The lowest BCUT2D eigenvalue weighted by Gasteiger charge is -2.21. The summed E-state index contributed by atoms with van der Waals surface area (Å²) in [6, 6.07) is 3.26. The second-order valence-electron chi connectivity index (χ2n) is 3.83. The second kappa shape index (κ2) is 5.41. The standard InChI is InChI=1S/C11H15NO3S/c13-11(14)10-2-1-8(15-10)7-16-9-3-5-12-6-4-9/h1-2,9,12H,3-7H2,(H,13,14). The Morgan fingerprint density at radius 2 is 2.25 bits per heavy atom. The van der Waals surface area contributed by atoms with Crippen LogP contribution in [0.25, 0.3) is 0 Å². The average Bonchev–Trinajstić information content (AvgIpc) is 2.76. The fourth-order valence-electron chi connectivity index (χ4n) is 1.73. The Labute approximate surface area is 98.4 Å². The van der Waals surface area contributed by atoms with E-state index in [0.717, 1.165) is 24.6 Å². The van der Waals surface area contributed by atoms with E-state index in [-0.39, 0.29) is 5.76 Å². The number of hydrogen-bond donors (Lipinski definition) is 2. The molecule has 1 aromatic heterocycles. The smallest absolute Gasteiger partial charge is 0.371 e. The van der Waals surface area contributed by atoms with Crippen LogP contribution in [0, 0.1) is 0 Å². The van der Waals surface area contributed by atoms with Crippen molar-refractivity contribution in [3.8, 4) is 0 Å². The highest BCUT2D eigenvalue weighted by atomic mass is 32.2. The number of aromatic carboxylic acids is 1. The van der Waals surface area contributed by atoms with E-state index in [1.165, 1.54) is 18.9 Å². The van der Waals surface area contributed by atoms with Crippen LogP contribution in [0.1, 0.15) is 29.2 Å². The zero-order valence-corrected chi connectivity index (χ0v) is 9.76. The van der Waals surface area contributed by atoms with Gasteiger partial charge in [-0.1, -0.05) is 0 Å². The van der Waals surface area contributed by atoms with Crippen LogP contribution < -0.4 is 5.32 Å². The zero-order chi connectivity index (χ0) is 11.4. The number of rotatable bonds is 4. The van der Waals surface area contributed by atoms with Crippen molar-refractivity contribution < 1.29 is 14.3 Å². The van der Waals surface area contributed by atoms with Gasteiger partial charge in [-0.05, 0) is 38.1 Å². The first-order valence-electron chi connectivity index (χ1n) is 5.40. The van der Waals surface area contributed by atoms with Crippen LogP contribution in [0.2, 0.25) is 0 Å². The first-order chi connectivity index (χ1) is 7.75. The molecular formula is C11H15NO3S. The number of furan rings is 1. The Bertz CT molecular complexity index is 358. The fraction of sp³-hybridized carbons (Fsp3) is 0.545. The van der Waals surface area contributed by atoms with E-state index < -0.39 is 5.97 Å². The summed E-state index contributed by atoms with van der Waals surface area (Å²) >= 11 is 1.85. The summed E-state index contributed by atoms with van der Waals surface area (Å²) < 4.78 is 5.20. The molecule has 0 aliphatic carbocycles. The molecular weight excluding hydrogens is 226 g/mol. The van der Waals surface area contributed by atoms with E-state index >= 15 is 0 Å². The summed E-state index contributed by atoms with van der Waals surface area (Å²) in [5.41, 5.74) is 0. The lowest BCUT2D eigenvalue weighted by molar-refractivity contribution is 0.0661. The SMILES string of the molecule is O=C(O)c1ccc(CSC2CCNCC2)o1. The molecule has 1 saturated heterocycles. The van der Waals surface area contributed by atoms with Gasteiger partial charge in [-0.25, -0.2) is 4.79 Å². The molecule has 1 aliphatic rings. The molecule has 0 radical (unpaired) electrons. The molecule has 0 amide bonds. The summed E-state index contributed by atoms with van der Waals surface area (Å²) in [5, 5.41) is 12.7. The monoisotopic (exact) mass is 241 g/mol. The molecule has 0 aromatic carbocycles. The number of piperidine rings is 1. The number of carboxylic acids is 1. The molecule has 2 N–H and O–H groups in total. The van der Waals surface area contributed by atoms with E-state index in [2.05, 4.69) is 5.32 Å². The van der Waals surface area contributed by atoms with Crippen LogP contribution in [0.15, 0.2) is 16.5 Å². The Morgan fingerprint density at radius 3 is 2.88 bits per heavy atom. The van der Waals surface area contributed by atoms with Gasteiger partial charge in [0.05, 0.1) is 5.75 Å². The van der Waals surface area contributed by atoms with Crippen molar-refractivity contribution in [2.45, 2.75) is 23.8 Å². The van der Waals surface area contributed by atoms with E-state index in [4.69, 9.17) is 9.52 Å². The molecule has 2 rings (SSSR count). The third kappa shape index (κ3) is 3.02. The predicted octanol–water partition coefficient (Wildman–Crippen LogP) is 1.96. The van der Waals surface area contributed by atoms with Crippen LogP contribution in [0.5, 0.6) is 0 Å². The fourth-order valence-corrected chi connectivity index (χ4v) is 2.86. The van der Waals surface area contributed by atoms with Crippen molar-refractivity contribution in [1.82, 2.24) is 5.32 Å². The topological polar surface area (TPSA) is 62.5 Å². The molecule has 0 spiro atoms. The van der Waals surface area contributed by atoms with Gasteiger partial charge in [0.15, 0.2) is 0 Å². The average molecular weight is 241 g/mol. The van der Waals surface area contributed by atoms with Gasteiger partial charge in [0.1, 0.15) is 5.76 Å².